The van der Waals surface area contributed by atoms with Crippen LogP contribution in [0, 0.1) is 0 Å². The molecule has 4 rings (SSSR count). The smallest absolute Gasteiger partial charge is 0.229 e. The molecule has 3 aromatic carbocycles. The van der Waals surface area contributed by atoms with Crippen LogP contribution in [-0.4, -0.2) is 18.0 Å². The van der Waals surface area contributed by atoms with Crippen molar-refractivity contribution in [2.45, 2.75) is 5.92 Å². The Morgan fingerprint density at radius 3 is 2.33 bits per heavy atom. The maximum absolute atomic E-state index is 12.6. The third-order valence-electron chi connectivity index (χ3n) is 4.83. The van der Waals surface area contributed by atoms with Crippen LogP contribution in [0.25, 0.3) is 22.2 Å². The molecule has 1 atom stereocenters. The topological polar surface area (TPSA) is 68.1 Å². The van der Waals surface area contributed by atoms with E-state index in [1.54, 1.807) is 7.11 Å². The van der Waals surface area contributed by atoms with Gasteiger partial charge in [-0.05, 0) is 17.7 Å². The lowest BCUT2D eigenvalue weighted by atomic mass is 9.86. The zero-order chi connectivity index (χ0) is 18.8. The number of para-hydroxylation sites is 2. The first-order valence-electron chi connectivity index (χ1n) is 8.79. The van der Waals surface area contributed by atoms with Crippen LogP contribution in [-0.2, 0) is 4.79 Å². The first-order valence-corrected chi connectivity index (χ1v) is 8.79. The van der Waals surface area contributed by atoms with Gasteiger partial charge in [0.1, 0.15) is 5.75 Å². The van der Waals surface area contributed by atoms with Crippen LogP contribution < -0.4 is 10.5 Å². The number of nitrogens with one attached hydrogen (secondary N) is 1. The summed E-state index contributed by atoms with van der Waals surface area (Å²) in [5.74, 6) is -0.403. The van der Waals surface area contributed by atoms with E-state index in [1.807, 2.05) is 78.9 Å². The fourth-order valence-electron chi connectivity index (χ4n) is 3.65. The molecule has 3 N–H and O–H groups in total. The molecule has 27 heavy (non-hydrogen) atoms. The normalized spacial score (nSPS) is 12.0. The molecular weight excluding hydrogens is 336 g/mol. The van der Waals surface area contributed by atoms with Gasteiger partial charge >= 0.3 is 0 Å². The summed E-state index contributed by atoms with van der Waals surface area (Å²) in [5.41, 5.74) is 10.4. The van der Waals surface area contributed by atoms with E-state index in [0.717, 1.165) is 33.3 Å². The van der Waals surface area contributed by atoms with Crippen molar-refractivity contribution in [2.75, 3.05) is 7.11 Å². The largest absolute Gasteiger partial charge is 0.496 e. The van der Waals surface area contributed by atoms with E-state index in [0.29, 0.717) is 5.75 Å². The second-order valence-electron chi connectivity index (χ2n) is 6.40. The van der Waals surface area contributed by atoms with E-state index in [-0.39, 0.29) is 0 Å². The summed E-state index contributed by atoms with van der Waals surface area (Å²) in [6, 6.07) is 25.4. The third kappa shape index (κ3) is 2.95. The molecule has 0 radical (unpaired) electrons. The van der Waals surface area contributed by atoms with Crippen LogP contribution in [0.5, 0.6) is 5.75 Å². The van der Waals surface area contributed by atoms with Crippen LogP contribution >= 0.6 is 0 Å². The van der Waals surface area contributed by atoms with Gasteiger partial charge in [-0.2, -0.15) is 0 Å². The van der Waals surface area contributed by atoms with E-state index in [9.17, 15) is 4.79 Å². The number of fused-ring (bicyclic) bond motifs is 1. The number of nitrogens with two attached hydrogens (primary N) is 1. The highest BCUT2D eigenvalue weighted by atomic mass is 16.5. The van der Waals surface area contributed by atoms with E-state index in [2.05, 4.69) is 4.98 Å². The molecule has 0 saturated heterocycles. The number of primary amides is 1. The van der Waals surface area contributed by atoms with Gasteiger partial charge in [-0.25, -0.2) is 0 Å². The van der Waals surface area contributed by atoms with E-state index >= 15 is 0 Å². The summed E-state index contributed by atoms with van der Waals surface area (Å²) >= 11 is 0. The molecule has 1 aromatic heterocycles. The number of carbonyl (C=O) groups is 1. The number of aromatic amines is 1. The van der Waals surface area contributed by atoms with Crippen molar-refractivity contribution in [3.8, 4) is 17.0 Å². The quantitative estimate of drug-likeness (QED) is 0.554. The molecule has 4 heteroatoms. The highest BCUT2D eigenvalue weighted by molar-refractivity contribution is 5.99. The van der Waals surface area contributed by atoms with E-state index in [1.165, 1.54) is 0 Å². The van der Waals surface area contributed by atoms with Crippen molar-refractivity contribution in [1.82, 2.24) is 4.98 Å². The lowest BCUT2D eigenvalue weighted by molar-refractivity contribution is -0.118. The third-order valence-corrected chi connectivity index (χ3v) is 4.83. The van der Waals surface area contributed by atoms with Gasteiger partial charge in [0.15, 0.2) is 0 Å². The van der Waals surface area contributed by atoms with Crippen molar-refractivity contribution in [3.05, 3.63) is 90.0 Å². The van der Waals surface area contributed by atoms with Crippen LogP contribution in [0.1, 0.15) is 17.0 Å². The van der Waals surface area contributed by atoms with Gasteiger partial charge in [-0.1, -0.05) is 66.7 Å². The molecule has 0 saturated carbocycles. The highest BCUT2D eigenvalue weighted by Crippen LogP contribution is 2.41. The molecule has 0 spiro atoms. The molecule has 1 unspecified atom stereocenters. The van der Waals surface area contributed by atoms with Crippen LogP contribution in [0.3, 0.4) is 0 Å². The molecule has 0 fully saturated rings. The van der Waals surface area contributed by atoms with Gasteiger partial charge in [-0.3, -0.25) is 4.79 Å². The minimum absolute atomic E-state index is 0.415. The fourth-order valence-corrected chi connectivity index (χ4v) is 3.65. The predicted molar refractivity (Wildman–Crippen MR) is 108 cm³/mol. The number of hydrogen-bond donors (Lipinski definition) is 2. The number of methoxy groups -OCH3 is 1. The minimum atomic E-state index is -0.632. The summed E-state index contributed by atoms with van der Waals surface area (Å²) < 4.78 is 5.51. The lowest BCUT2D eigenvalue weighted by Gasteiger charge is -2.19. The SMILES string of the molecule is COc1ccccc1C(C(N)=O)c1c(-c2ccccc2)[nH]c2ccccc12. The molecule has 4 nitrogen and oxygen atoms in total. The number of ether oxygens (including phenoxy) is 1. The lowest BCUT2D eigenvalue weighted by Crippen LogP contribution is -2.23. The summed E-state index contributed by atoms with van der Waals surface area (Å²) in [4.78, 5) is 16.1. The standard InChI is InChI=1S/C23H20N2O2/c1-27-19-14-8-6-12-17(19)21(23(24)26)20-16-11-5-7-13-18(16)25-22(20)15-9-3-2-4-10-15/h2-14,21,25H,1H3,(H2,24,26). The molecule has 134 valence electrons. The maximum atomic E-state index is 12.6. The Morgan fingerprint density at radius 2 is 1.59 bits per heavy atom. The molecule has 0 aliphatic rings. The molecule has 0 aliphatic carbocycles. The van der Waals surface area contributed by atoms with Crippen molar-refractivity contribution in [1.29, 1.82) is 0 Å². The number of aromatic nitrogens is 1. The summed E-state index contributed by atoms with van der Waals surface area (Å²) in [7, 11) is 1.60. The van der Waals surface area contributed by atoms with Gasteiger partial charge in [0.25, 0.3) is 0 Å². The molecule has 1 heterocycles. The number of benzene rings is 3. The Hall–Kier alpha value is -3.53. The van der Waals surface area contributed by atoms with Gasteiger partial charge in [0, 0.05) is 22.0 Å². The van der Waals surface area contributed by atoms with Gasteiger partial charge in [0.05, 0.1) is 18.7 Å². The van der Waals surface area contributed by atoms with Crippen molar-refractivity contribution < 1.29 is 9.53 Å². The molecule has 0 bridgehead atoms. The van der Waals surface area contributed by atoms with Crippen LogP contribution in [0.4, 0.5) is 0 Å². The zero-order valence-corrected chi connectivity index (χ0v) is 15.0. The minimum Gasteiger partial charge on any atom is -0.496 e. The van der Waals surface area contributed by atoms with Crippen LogP contribution in [0.2, 0.25) is 0 Å². The Kier molecular flexibility index (Phi) is 4.38. The number of H-pyrrole nitrogens is 1. The van der Waals surface area contributed by atoms with Crippen molar-refractivity contribution in [3.63, 3.8) is 0 Å². The predicted octanol–water partition coefficient (Wildman–Crippen LogP) is 4.46. The van der Waals surface area contributed by atoms with E-state index < -0.39 is 11.8 Å². The average molecular weight is 356 g/mol. The van der Waals surface area contributed by atoms with Crippen LogP contribution in [0.15, 0.2) is 78.9 Å². The second-order valence-corrected chi connectivity index (χ2v) is 6.40. The van der Waals surface area contributed by atoms with Gasteiger partial charge < -0.3 is 15.5 Å². The Morgan fingerprint density at radius 1 is 0.926 bits per heavy atom. The Balaban J connectivity index is 2.04. The number of rotatable bonds is 5. The van der Waals surface area contributed by atoms with Crippen molar-refractivity contribution >= 4 is 16.8 Å². The first kappa shape index (κ1) is 16.9. The van der Waals surface area contributed by atoms with Gasteiger partial charge in [0.2, 0.25) is 5.91 Å². The fraction of sp³-hybridized carbons (Fsp3) is 0.0870. The average Bonchev–Trinajstić information content (AvgIpc) is 3.08. The Labute approximate surface area is 157 Å². The van der Waals surface area contributed by atoms with Crippen molar-refractivity contribution in [2.24, 2.45) is 5.73 Å². The summed E-state index contributed by atoms with van der Waals surface area (Å²) in [6.45, 7) is 0. The first-order chi connectivity index (χ1) is 13.2. The second kappa shape index (κ2) is 7.00. The number of amides is 1. The maximum Gasteiger partial charge on any atom is 0.229 e. The monoisotopic (exact) mass is 356 g/mol. The molecule has 4 aromatic rings. The number of hydrogen-bond acceptors (Lipinski definition) is 2. The van der Waals surface area contributed by atoms with E-state index in [4.69, 9.17) is 10.5 Å². The summed E-state index contributed by atoms with van der Waals surface area (Å²) in [6.07, 6.45) is 0. The zero-order valence-electron chi connectivity index (χ0n) is 15.0. The Bertz CT molecular complexity index is 1100. The summed E-state index contributed by atoms with van der Waals surface area (Å²) in [5, 5.41) is 0.978. The number of carbonyl (C=O) groups excluding carboxylic acids is 1. The molecule has 1 amide bonds. The molecule has 0 aliphatic heterocycles. The van der Waals surface area contributed by atoms with Gasteiger partial charge in [-0.15, -0.1) is 0 Å². The highest BCUT2D eigenvalue weighted by Gasteiger charge is 2.29. The molecular formula is C23H20N2O2.